The summed E-state index contributed by atoms with van der Waals surface area (Å²) in [5, 5.41) is 0.0850. The third-order valence-electron chi connectivity index (χ3n) is 5.64. The van der Waals surface area contributed by atoms with E-state index in [0.29, 0.717) is 0 Å². The van der Waals surface area contributed by atoms with E-state index in [1.807, 2.05) is 6.92 Å². The van der Waals surface area contributed by atoms with Gasteiger partial charge in [-0.1, -0.05) is 52.7 Å². The van der Waals surface area contributed by atoms with Crippen LogP contribution in [-0.2, 0) is 14.0 Å². The van der Waals surface area contributed by atoms with Gasteiger partial charge in [0.15, 0.2) is 14.1 Å². The van der Waals surface area contributed by atoms with Crippen LogP contribution in [0.4, 0.5) is 0 Å². The summed E-state index contributed by atoms with van der Waals surface area (Å²) in [7, 11) is -2.02. The molecule has 2 heterocycles. The van der Waals surface area contributed by atoms with E-state index >= 15 is 0 Å². The van der Waals surface area contributed by atoms with Crippen LogP contribution in [0.3, 0.4) is 0 Å². The van der Waals surface area contributed by atoms with Gasteiger partial charge in [0.1, 0.15) is 11.7 Å². The van der Waals surface area contributed by atoms with Gasteiger partial charge in [-0.3, -0.25) is 4.79 Å². The molecule has 0 N–H and O–H groups in total. The average molecular weight is 325 g/mol. The summed E-state index contributed by atoms with van der Waals surface area (Å²) in [6.45, 7) is 15.2. The molecule has 0 aromatic rings. The number of hydrogen-bond donors (Lipinski definition) is 0. The van der Waals surface area contributed by atoms with Crippen LogP contribution in [0, 0.1) is 5.92 Å². The molecule has 1 saturated heterocycles. The van der Waals surface area contributed by atoms with Gasteiger partial charge in [-0.25, -0.2) is 0 Å². The van der Waals surface area contributed by atoms with Gasteiger partial charge in [-0.2, -0.15) is 0 Å². The summed E-state index contributed by atoms with van der Waals surface area (Å²) in [5.41, 5.74) is -0.583. The lowest BCUT2D eigenvalue weighted by Gasteiger charge is -2.46. The molecule has 4 atom stereocenters. The Morgan fingerprint density at radius 1 is 1.36 bits per heavy atom. The summed E-state index contributed by atoms with van der Waals surface area (Å²) in [6, 6.07) is 0. The minimum absolute atomic E-state index is 0.0402. The fourth-order valence-corrected chi connectivity index (χ4v) is 4.33. The Kier molecular flexibility index (Phi) is 4.78. The topological polar surface area (TPSA) is 35.5 Å². The second-order valence-corrected chi connectivity index (χ2v) is 13.3. The summed E-state index contributed by atoms with van der Waals surface area (Å²) in [4.78, 5) is 13.1. The van der Waals surface area contributed by atoms with Crippen molar-refractivity contribution in [3.63, 3.8) is 0 Å². The lowest BCUT2D eigenvalue weighted by Crippen LogP contribution is -2.59. The first-order valence-electron chi connectivity index (χ1n) is 8.60. The van der Waals surface area contributed by atoms with E-state index in [0.717, 1.165) is 19.3 Å². The van der Waals surface area contributed by atoms with Gasteiger partial charge in [0.2, 0.25) is 0 Å². The third kappa shape index (κ3) is 3.10. The molecule has 0 aromatic carbocycles. The normalized spacial score (nSPS) is 35.2. The molecule has 0 radical (unpaired) electrons. The number of hydrogen-bond acceptors (Lipinski definition) is 3. The van der Waals surface area contributed by atoms with E-state index in [2.05, 4.69) is 52.9 Å². The average Bonchev–Trinajstić information content (AvgIpc) is 2.74. The quantitative estimate of drug-likeness (QED) is 0.552. The molecule has 4 heteroatoms. The van der Waals surface area contributed by atoms with Crippen molar-refractivity contribution in [3.8, 4) is 0 Å². The minimum atomic E-state index is -2.02. The molecule has 2 rings (SSSR count). The molecule has 0 saturated carbocycles. The number of Topliss-reactive ketones (excluding diaryl/α,β-unsaturated/α-hetero) is 1. The zero-order chi connectivity index (χ0) is 16.8. The van der Waals surface area contributed by atoms with Gasteiger partial charge in [0.25, 0.3) is 0 Å². The molecule has 3 nitrogen and oxygen atoms in total. The zero-order valence-electron chi connectivity index (χ0n) is 15.2. The Bertz CT molecular complexity index is 463. The maximum atomic E-state index is 13.1. The van der Waals surface area contributed by atoms with Crippen LogP contribution < -0.4 is 0 Å². The SMILES string of the molecule is CCCC[C@@H]1C(=O)[C@H](O[Si](C)(C)C(C)(C)C)C2(C)C=C[C@H]1O2. The van der Waals surface area contributed by atoms with Crippen LogP contribution in [-0.4, -0.2) is 31.9 Å². The Labute approximate surface area is 136 Å². The van der Waals surface area contributed by atoms with E-state index in [1.54, 1.807) is 0 Å². The molecule has 0 aliphatic carbocycles. The molecule has 126 valence electrons. The number of carbonyl (C=O) groups is 1. The molecule has 1 unspecified atom stereocenters. The van der Waals surface area contributed by atoms with Crippen LogP contribution in [0.2, 0.25) is 18.1 Å². The Balaban J connectivity index is 2.25. The Morgan fingerprint density at radius 2 is 2.00 bits per heavy atom. The summed E-state index contributed by atoms with van der Waals surface area (Å²) < 4.78 is 12.7. The first kappa shape index (κ1) is 17.9. The summed E-state index contributed by atoms with van der Waals surface area (Å²) in [5.74, 6) is 0.212. The van der Waals surface area contributed by atoms with Crippen molar-refractivity contribution in [2.45, 2.75) is 89.8 Å². The molecule has 22 heavy (non-hydrogen) atoms. The molecule has 2 bridgehead atoms. The highest BCUT2D eigenvalue weighted by Gasteiger charge is 2.55. The van der Waals surface area contributed by atoms with E-state index in [4.69, 9.17) is 9.16 Å². The van der Waals surface area contributed by atoms with Gasteiger partial charge < -0.3 is 9.16 Å². The van der Waals surface area contributed by atoms with Crippen molar-refractivity contribution in [3.05, 3.63) is 12.2 Å². The maximum Gasteiger partial charge on any atom is 0.193 e. The fourth-order valence-electron chi connectivity index (χ4n) is 3.04. The summed E-state index contributed by atoms with van der Waals surface area (Å²) in [6.07, 6.45) is 6.69. The number of rotatable bonds is 5. The molecule has 2 aliphatic rings. The van der Waals surface area contributed by atoms with Crippen molar-refractivity contribution < 1.29 is 14.0 Å². The predicted molar refractivity (Wildman–Crippen MR) is 92.5 cm³/mol. The maximum absolute atomic E-state index is 13.1. The van der Waals surface area contributed by atoms with Gasteiger partial charge >= 0.3 is 0 Å². The summed E-state index contributed by atoms with van der Waals surface area (Å²) >= 11 is 0. The predicted octanol–water partition coefficient (Wildman–Crippen LogP) is 4.48. The molecule has 2 aliphatic heterocycles. The van der Waals surface area contributed by atoms with Crippen molar-refractivity contribution >= 4 is 14.1 Å². The molecule has 0 aromatic heterocycles. The van der Waals surface area contributed by atoms with Crippen molar-refractivity contribution in [1.82, 2.24) is 0 Å². The Hall–Kier alpha value is -0.453. The standard InChI is InChI=1S/C18H32O3Si/c1-8-9-10-13-14-11-12-18(5,20-14)16(15(13)19)21-22(6,7)17(2,3)4/h11-14,16H,8-10H2,1-7H3/t13-,14+,16-,18?/m0/s1. The van der Waals surface area contributed by atoms with Crippen molar-refractivity contribution in [1.29, 1.82) is 0 Å². The second kappa shape index (κ2) is 5.88. The van der Waals surface area contributed by atoms with Crippen molar-refractivity contribution in [2.24, 2.45) is 5.92 Å². The first-order chi connectivity index (χ1) is 10.0. The zero-order valence-corrected chi connectivity index (χ0v) is 16.2. The Morgan fingerprint density at radius 3 is 2.55 bits per heavy atom. The lowest BCUT2D eigenvalue weighted by molar-refractivity contribution is -0.170. The van der Waals surface area contributed by atoms with Gasteiger partial charge in [-0.15, -0.1) is 0 Å². The highest BCUT2D eigenvalue weighted by molar-refractivity contribution is 6.74. The minimum Gasteiger partial charge on any atom is -0.404 e. The van der Waals surface area contributed by atoms with E-state index in [-0.39, 0.29) is 22.8 Å². The second-order valence-electron chi connectivity index (χ2n) is 8.53. The van der Waals surface area contributed by atoms with Gasteiger partial charge in [0, 0.05) is 0 Å². The number of unbranched alkanes of at least 4 members (excludes halogenated alkanes) is 1. The third-order valence-corrected chi connectivity index (χ3v) is 10.1. The van der Waals surface area contributed by atoms with Crippen molar-refractivity contribution in [2.75, 3.05) is 0 Å². The van der Waals surface area contributed by atoms with Crippen LogP contribution >= 0.6 is 0 Å². The van der Waals surface area contributed by atoms with Gasteiger partial charge in [0.05, 0.1) is 12.0 Å². The van der Waals surface area contributed by atoms with E-state index < -0.39 is 20.0 Å². The number of fused-ring (bicyclic) bond motifs is 2. The smallest absolute Gasteiger partial charge is 0.193 e. The van der Waals surface area contributed by atoms with E-state index in [9.17, 15) is 4.79 Å². The molecular formula is C18H32O3Si. The van der Waals surface area contributed by atoms with Crippen LogP contribution in [0.5, 0.6) is 0 Å². The van der Waals surface area contributed by atoms with Crippen LogP contribution in [0.1, 0.15) is 53.9 Å². The fraction of sp³-hybridized carbons (Fsp3) is 0.833. The van der Waals surface area contributed by atoms with Crippen LogP contribution in [0.15, 0.2) is 12.2 Å². The van der Waals surface area contributed by atoms with Crippen LogP contribution in [0.25, 0.3) is 0 Å². The highest BCUT2D eigenvalue weighted by Crippen LogP contribution is 2.45. The number of carbonyl (C=O) groups excluding carboxylic acids is 1. The lowest BCUT2D eigenvalue weighted by atomic mass is 9.83. The monoisotopic (exact) mass is 324 g/mol. The largest absolute Gasteiger partial charge is 0.404 e. The highest BCUT2D eigenvalue weighted by atomic mass is 28.4. The molecule has 0 amide bonds. The first-order valence-corrected chi connectivity index (χ1v) is 11.5. The molecule has 1 fully saturated rings. The molecule has 0 spiro atoms. The van der Waals surface area contributed by atoms with Gasteiger partial charge in [-0.05, 0) is 31.5 Å². The number of ketones is 1. The number of ether oxygens (including phenoxy) is 1. The van der Waals surface area contributed by atoms with E-state index in [1.165, 1.54) is 0 Å². The molecular weight excluding hydrogens is 292 g/mol.